The van der Waals surface area contributed by atoms with Crippen LogP contribution in [-0.4, -0.2) is 17.3 Å². The summed E-state index contributed by atoms with van der Waals surface area (Å²) in [5, 5.41) is 6.99. The predicted octanol–water partition coefficient (Wildman–Crippen LogP) is 2.19. The largest absolute Gasteiger partial charge is 0.355 e. The van der Waals surface area contributed by atoms with Crippen LogP contribution in [0.2, 0.25) is 0 Å². The van der Waals surface area contributed by atoms with E-state index in [0.717, 1.165) is 6.42 Å². The second-order valence-electron chi connectivity index (χ2n) is 2.79. The Labute approximate surface area is 90.5 Å². The summed E-state index contributed by atoms with van der Waals surface area (Å²) >= 11 is 4.89. The zero-order valence-corrected chi connectivity index (χ0v) is 9.82. The van der Waals surface area contributed by atoms with Gasteiger partial charge in [-0.2, -0.15) is 11.3 Å². The maximum Gasteiger partial charge on any atom is 0.233 e. The van der Waals surface area contributed by atoms with Crippen LogP contribution in [-0.2, 0) is 11.2 Å². The van der Waals surface area contributed by atoms with E-state index in [1.165, 1.54) is 5.56 Å². The molecule has 0 aliphatic carbocycles. The van der Waals surface area contributed by atoms with Gasteiger partial charge in [0, 0.05) is 6.54 Å². The molecule has 1 N–H and O–H groups in total. The molecule has 0 radical (unpaired) electrons. The highest BCUT2D eigenvalue weighted by Crippen LogP contribution is 2.05. The van der Waals surface area contributed by atoms with Gasteiger partial charge < -0.3 is 5.32 Å². The van der Waals surface area contributed by atoms with E-state index in [1.54, 1.807) is 11.3 Å². The van der Waals surface area contributed by atoms with Gasteiger partial charge in [-0.3, -0.25) is 4.79 Å². The molecule has 1 unspecified atom stereocenters. The SMILES string of the molecule is CC(Br)C(=O)NCCc1ccsc1. The van der Waals surface area contributed by atoms with E-state index in [0.29, 0.717) is 6.54 Å². The number of hydrogen-bond acceptors (Lipinski definition) is 2. The molecule has 0 spiro atoms. The molecule has 1 atom stereocenters. The Balaban J connectivity index is 2.18. The molecule has 1 heterocycles. The molecular weight excluding hydrogens is 250 g/mol. The summed E-state index contributed by atoms with van der Waals surface area (Å²) in [6.45, 7) is 2.53. The van der Waals surface area contributed by atoms with Gasteiger partial charge in [-0.25, -0.2) is 0 Å². The molecule has 0 aliphatic heterocycles. The van der Waals surface area contributed by atoms with Crippen LogP contribution >= 0.6 is 27.3 Å². The van der Waals surface area contributed by atoms with Crippen molar-refractivity contribution in [2.75, 3.05) is 6.54 Å². The average molecular weight is 262 g/mol. The van der Waals surface area contributed by atoms with Gasteiger partial charge >= 0.3 is 0 Å². The Morgan fingerprint density at radius 3 is 3.08 bits per heavy atom. The Morgan fingerprint density at radius 2 is 2.54 bits per heavy atom. The zero-order valence-electron chi connectivity index (χ0n) is 7.42. The molecule has 72 valence electrons. The van der Waals surface area contributed by atoms with Crippen LogP contribution in [0.3, 0.4) is 0 Å². The van der Waals surface area contributed by atoms with Crippen molar-refractivity contribution in [1.82, 2.24) is 5.32 Å². The Bertz CT molecular complexity index is 259. The van der Waals surface area contributed by atoms with Gasteiger partial charge in [0.15, 0.2) is 0 Å². The predicted molar refractivity (Wildman–Crippen MR) is 59.4 cm³/mol. The topological polar surface area (TPSA) is 29.1 Å². The summed E-state index contributed by atoms with van der Waals surface area (Å²) in [5.41, 5.74) is 1.28. The highest BCUT2D eigenvalue weighted by atomic mass is 79.9. The Morgan fingerprint density at radius 1 is 1.77 bits per heavy atom. The van der Waals surface area contributed by atoms with E-state index >= 15 is 0 Å². The van der Waals surface area contributed by atoms with Crippen LogP contribution in [0.25, 0.3) is 0 Å². The summed E-state index contributed by atoms with van der Waals surface area (Å²) in [5.74, 6) is 0.0511. The third kappa shape index (κ3) is 3.91. The molecule has 0 saturated heterocycles. The highest BCUT2D eigenvalue weighted by molar-refractivity contribution is 9.10. The fraction of sp³-hybridized carbons (Fsp3) is 0.444. The van der Waals surface area contributed by atoms with Crippen molar-refractivity contribution < 1.29 is 4.79 Å². The van der Waals surface area contributed by atoms with Crippen molar-refractivity contribution >= 4 is 33.2 Å². The molecule has 0 fully saturated rings. The van der Waals surface area contributed by atoms with Crippen molar-refractivity contribution in [2.24, 2.45) is 0 Å². The standard InChI is InChI=1S/C9H12BrNOS/c1-7(10)9(12)11-4-2-8-3-5-13-6-8/h3,5-7H,2,4H2,1H3,(H,11,12). The lowest BCUT2D eigenvalue weighted by molar-refractivity contribution is -0.120. The van der Waals surface area contributed by atoms with Gasteiger partial charge in [0.25, 0.3) is 0 Å². The molecule has 0 saturated carbocycles. The number of nitrogens with one attached hydrogen (secondary N) is 1. The number of alkyl halides is 1. The maximum atomic E-state index is 11.1. The number of carbonyl (C=O) groups excluding carboxylic acids is 1. The molecule has 2 nitrogen and oxygen atoms in total. The fourth-order valence-corrected chi connectivity index (χ4v) is 1.77. The molecule has 1 amide bonds. The van der Waals surface area contributed by atoms with Crippen molar-refractivity contribution in [3.05, 3.63) is 22.4 Å². The number of rotatable bonds is 4. The minimum Gasteiger partial charge on any atom is -0.355 e. The lowest BCUT2D eigenvalue weighted by atomic mass is 10.2. The fourth-order valence-electron chi connectivity index (χ4n) is 0.906. The van der Waals surface area contributed by atoms with Gasteiger partial charge in [0.1, 0.15) is 0 Å². The first-order valence-electron chi connectivity index (χ1n) is 4.13. The van der Waals surface area contributed by atoms with Crippen LogP contribution in [0.5, 0.6) is 0 Å². The minimum absolute atomic E-state index is 0.0511. The van der Waals surface area contributed by atoms with E-state index in [2.05, 4.69) is 32.7 Å². The van der Waals surface area contributed by atoms with Crippen molar-refractivity contribution in [2.45, 2.75) is 18.2 Å². The quantitative estimate of drug-likeness (QED) is 0.828. The number of carbonyl (C=O) groups is 1. The lowest BCUT2D eigenvalue weighted by Gasteiger charge is -2.05. The van der Waals surface area contributed by atoms with Crippen LogP contribution in [0.1, 0.15) is 12.5 Å². The van der Waals surface area contributed by atoms with Crippen molar-refractivity contribution in [3.63, 3.8) is 0 Å². The Hall–Kier alpha value is -0.350. The minimum atomic E-state index is -0.102. The van der Waals surface area contributed by atoms with Gasteiger partial charge in [-0.1, -0.05) is 15.9 Å². The summed E-state index contributed by atoms with van der Waals surface area (Å²) in [7, 11) is 0. The van der Waals surface area contributed by atoms with E-state index in [4.69, 9.17) is 0 Å². The van der Waals surface area contributed by atoms with Gasteiger partial charge in [-0.15, -0.1) is 0 Å². The second-order valence-corrected chi connectivity index (χ2v) is 4.94. The second kappa shape index (κ2) is 5.40. The third-order valence-corrected chi connectivity index (χ3v) is 2.80. The molecule has 0 bridgehead atoms. The summed E-state index contributed by atoms with van der Waals surface area (Å²) < 4.78 is 0. The van der Waals surface area contributed by atoms with Crippen LogP contribution in [0.15, 0.2) is 16.8 Å². The van der Waals surface area contributed by atoms with E-state index in [1.807, 2.05) is 12.3 Å². The number of hydrogen-bond donors (Lipinski definition) is 1. The first-order chi connectivity index (χ1) is 6.20. The van der Waals surface area contributed by atoms with Crippen LogP contribution < -0.4 is 5.32 Å². The first-order valence-corrected chi connectivity index (χ1v) is 5.99. The van der Waals surface area contributed by atoms with Gasteiger partial charge in [-0.05, 0) is 35.7 Å². The molecule has 0 aromatic carbocycles. The van der Waals surface area contributed by atoms with Crippen molar-refractivity contribution in [3.8, 4) is 0 Å². The molecule has 1 rings (SSSR count). The smallest absolute Gasteiger partial charge is 0.233 e. The number of thiophene rings is 1. The van der Waals surface area contributed by atoms with Crippen LogP contribution in [0, 0.1) is 0 Å². The highest BCUT2D eigenvalue weighted by Gasteiger charge is 2.06. The molecule has 1 aromatic heterocycles. The summed E-state index contributed by atoms with van der Waals surface area (Å²) in [6.07, 6.45) is 0.912. The maximum absolute atomic E-state index is 11.1. The van der Waals surface area contributed by atoms with Gasteiger partial charge in [0.05, 0.1) is 4.83 Å². The van der Waals surface area contributed by atoms with Crippen molar-refractivity contribution in [1.29, 1.82) is 0 Å². The number of amides is 1. The van der Waals surface area contributed by atoms with Crippen LogP contribution in [0.4, 0.5) is 0 Å². The molecule has 13 heavy (non-hydrogen) atoms. The van der Waals surface area contributed by atoms with E-state index in [-0.39, 0.29) is 10.7 Å². The van der Waals surface area contributed by atoms with Gasteiger partial charge in [0.2, 0.25) is 5.91 Å². The first kappa shape index (κ1) is 10.7. The molecule has 4 heteroatoms. The van der Waals surface area contributed by atoms with E-state index in [9.17, 15) is 4.79 Å². The normalized spacial score (nSPS) is 12.5. The molecular formula is C9H12BrNOS. The third-order valence-electron chi connectivity index (χ3n) is 1.65. The monoisotopic (exact) mass is 261 g/mol. The zero-order chi connectivity index (χ0) is 9.68. The summed E-state index contributed by atoms with van der Waals surface area (Å²) in [6, 6.07) is 2.08. The average Bonchev–Trinajstić information content (AvgIpc) is 2.56. The van der Waals surface area contributed by atoms with E-state index < -0.39 is 0 Å². The molecule has 1 aromatic rings. The molecule has 0 aliphatic rings. The Kier molecular flexibility index (Phi) is 4.45. The summed E-state index contributed by atoms with van der Waals surface area (Å²) in [4.78, 5) is 11.0. The lowest BCUT2D eigenvalue weighted by Crippen LogP contribution is -2.30. The number of halogens is 1.